The molecule has 0 aromatic rings. The summed E-state index contributed by atoms with van der Waals surface area (Å²) < 4.78 is 5.76. The lowest BCUT2D eigenvalue weighted by Crippen LogP contribution is -2.36. The van der Waals surface area contributed by atoms with E-state index in [1.54, 1.807) is 0 Å². The number of carbonyl (C=O) groups is 1. The molecule has 3 nitrogen and oxygen atoms in total. The summed E-state index contributed by atoms with van der Waals surface area (Å²) in [4.78, 5) is 12.3. The average Bonchev–Trinajstić information content (AvgIpc) is 2.80. The van der Waals surface area contributed by atoms with Crippen LogP contribution < -0.4 is 5.32 Å². The van der Waals surface area contributed by atoms with Crippen LogP contribution in [0.4, 0.5) is 0 Å². The van der Waals surface area contributed by atoms with Crippen LogP contribution in [0.2, 0.25) is 0 Å². The summed E-state index contributed by atoms with van der Waals surface area (Å²) in [5.41, 5.74) is 2.36. The minimum absolute atomic E-state index is 0.0321. The molecule has 0 saturated heterocycles. The van der Waals surface area contributed by atoms with Crippen LogP contribution in [-0.2, 0) is 9.53 Å². The largest absolute Gasteiger partial charge is 0.480 e. The zero-order chi connectivity index (χ0) is 14.7. The van der Waals surface area contributed by atoms with Crippen LogP contribution in [-0.4, -0.2) is 18.1 Å². The van der Waals surface area contributed by atoms with Crippen LogP contribution in [0.3, 0.4) is 0 Å². The van der Waals surface area contributed by atoms with E-state index in [2.05, 4.69) is 45.2 Å². The molecule has 2 rings (SSSR count). The van der Waals surface area contributed by atoms with Crippen molar-refractivity contribution in [2.45, 2.75) is 59.1 Å². The minimum atomic E-state index is -0.0783. The third-order valence-electron chi connectivity index (χ3n) is 3.79. The highest BCUT2D eigenvalue weighted by Crippen LogP contribution is 2.30. The number of rotatable bonds is 5. The first kappa shape index (κ1) is 14.9. The number of carbonyl (C=O) groups excluding carboxylic acids is 1. The standard InChI is InChI=1S/C17H25NO2/c1-5-14(8-11(2)3)18-17(19)16-10-13-9-12(4)6-7-15(13)20-16/h6,9-11,14-15H,5,7-8H2,1-4H3,(H,18,19). The van der Waals surface area contributed by atoms with E-state index in [0.717, 1.165) is 24.8 Å². The van der Waals surface area contributed by atoms with Gasteiger partial charge >= 0.3 is 0 Å². The molecular formula is C17H25NO2. The zero-order valence-corrected chi connectivity index (χ0v) is 12.9. The predicted octanol–water partition coefficient (Wildman–Crippen LogP) is 3.49. The number of fused-ring (bicyclic) bond motifs is 1. The highest BCUT2D eigenvalue weighted by atomic mass is 16.5. The summed E-state index contributed by atoms with van der Waals surface area (Å²) in [5, 5.41) is 3.08. The molecule has 0 bridgehead atoms. The molecule has 1 N–H and O–H groups in total. The minimum Gasteiger partial charge on any atom is -0.480 e. The molecule has 3 heteroatoms. The Morgan fingerprint density at radius 3 is 2.85 bits per heavy atom. The SMILES string of the molecule is CCC(CC(C)C)NC(=O)C1=CC2=CC(C)=CCC2O1. The summed E-state index contributed by atoms with van der Waals surface area (Å²) in [5.74, 6) is 0.966. The first-order chi connectivity index (χ1) is 9.49. The number of allylic oxidation sites excluding steroid dienone is 2. The van der Waals surface area contributed by atoms with Gasteiger partial charge in [-0.3, -0.25) is 4.79 Å². The van der Waals surface area contributed by atoms with Crippen LogP contribution in [0, 0.1) is 5.92 Å². The summed E-state index contributed by atoms with van der Waals surface area (Å²) in [6, 6.07) is 0.225. The lowest BCUT2D eigenvalue weighted by molar-refractivity contribution is -0.121. The highest BCUT2D eigenvalue weighted by molar-refractivity contribution is 5.93. The van der Waals surface area contributed by atoms with Crippen LogP contribution in [0.5, 0.6) is 0 Å². The first-order valence-electron chi connectivity index (χ1n) is 7.57. The third-order valence-corrected chi connectivity index (χ3v) is 3.79. The second kappa shape index (κ2) is 6.29. The Balaban J connectivity index is 1.99. The monoisotopic (exact) mass is 275 g/mol. The van der Waals surface area contributed by atoms with E-state index in [4.69, 9.17) is 4.74 Å². The Kier molecular flexibility index (Phi) is 4.69. The molecule has 1 heterocycles. The van der Waals surface area contributed by atoms with E-state index in [0.29, 0.717) is 11.7 Å². The van der Waals surface area contributed by atoms with Crippen molar-refractivity contribution < 1.29 is 9.53 Å². The van der Waals surface area contributed by atoms with Gasteiger partial charge in [-0.1, -0.05) is 38.5 Å². The second-order valence-corrected chi connectivity index (χ2v) is 6.15. The predicted molar refractivity (Wildman–Crippen MR) is 81.1 cm³/mol. The maximum atomic E-state index is 12.3. The van der Waals surface area contributed by atoms with Crippen LogP contribution >= 0.6 is 0 Å². The van der Waals surface area contributed by atoms with Gasteiger partial charge in [-0.15, -0.1) is 0 Å². The first-order valence-corrected chi connectivity index (χ1v) is 7.57. The van der Waals surface area contributed by atoms with Crippen molar-refractivity contribution in [3.8, 4) is 0 Å². The Hall–Kier alpha value is -1.51. The lowest BCUT2D eigenvalue weighted by Gasteiger charge is -2.20. The van der Waals surface area contributed by atoms with Gasteiger partial charge < -0.3 is 10.1 Å². The van der Waals surface area contributed by atoms with Gasteiger partial charge in [-0.05, 0) is 37.3 Å². The van der Waals surface area contributed by atoms with Crippen molar-refractivity contribution in [2.24, 2.45) is 5.92 Å². The van der Waals surface area contributed by atoms with Gasteiger partial charge in [-0.2, -0.15) is 0 Å². The van der Waals surface area contributed by atoms with E-state index in [-0.39, 0.29) is 18.1 Å². The smallest absolute Gasteiger partial charge is 0.286 e. The Labute approximate surface area is 121 Å². The van der Waals surface area contributed by atoms with E-state index < -0.39 is 0 Å². The fourth-order valence-corrected chi connectivity index (χ4v) is 2.71. The van der Waals surface area contributed by atoms with Crippen molar-refractivity contribution in [1.82, 2.24) is 5.32 Å². The summed E-state index contributed by atoms with van der Waals surface area (Å²) in [6.07, 6.45) is 8.97. The zero-order valence-electron chi connectivity index (χ0n) is 12.9. The van der Waals surface area contributed by atoms with Crippen molar-refractivity contribution >= 4 is 5.91 Å². The molecule has 1 aliphatic carbocycles. The fourth-order valence-electron chi connectivity index (χ4n) is 2.71. The molecule has 2 unspecified atom stereocenters. The van der Waals surface area contributed by atoms with E-state index in [9.17, 15) is 4.79 Å². The molecule has 0 saturated carbocycles. The summed E-state index contributed by atoms with van der Waals surface area (Å²) >= 11 is 0. The van der Waals surface area contributed by atoms with Gasteiger partial charge in [0.2, 0.25) is 0 Å². The maximum absolute atomic E-state index is 12.3. The third kappa shape index (κ3) is 3.53. The fraction of sp³-hybridized carbons (Fsp3) is 0.588. The van der Waals surface area contributed by atoms with Crippen molar-refractivity contribution in [2.75, 3.05) is 0 Å². The normalized spacial score (nSPS) is 22.4. The van der Waals surface area contributed by atoms with Gasteiger partial charge in [0, 0.05) is 12.5 Å². The Bertz CT molecular complexity index is 471. The van der Waals surface area contributed by atoms with Crippen LogP contribution in [0.25, 0.3) is 0 Å². The van der Waals surface area contributed by atoms with Crippen molar-refractivity contribution in [3.05, 3.63) is 35.1 Å². The maximum Gasteiger partial charge on any atom is 0.286 e. The molecule has 110 valence electrons. The second-order valence-electron chi connectivity index (χ2n) is 6.15. The van der Waals surface area contributed by atoms with E-state index >= 15 is 0 Å². The molecule has 2 aliphatic rings. The Morgan fingerprint density at radius 2 is 2.20 bits per heavy atom. The Morgan fingerprint density at radius 1 is 1.45 bits per heavy atom. The van der Waals surface area contributed by atoms with Gasteiger partial charge in [0.05, 0.1) is 0 Å². The molecule has 0 radical (unpaired) electrons. The number of amides is 1. The number of hydrogen-bond donors (Lipinski definition) is 1. The molecule has 0 aromatic carbocycles. The average molecular weight is 275 g/mol. The molecule has 0 fully saturated rings. The van der Waals surface area contributed by atoms with E-state index in [1.807, 2.05) is 6.08 Å². The molecule has 20 heavy (non-hydrogen) atoms. The molecule has 0 aromatic heterocycles. The van der Waals surface area contributed by atoms with Crippen LogP contribution in [0.1, 0.15) is 47.0 Å². The number of hydrogen-bond acceptors (Lipinski definition) is 2. The molecule has 0 spiro atoms. The van der Waals surface area contributed by atoms with Gasteiger partial charge in [0.1, 0.15) is 6.10 Å². The molecule has 1 amide bonds. The summed E-state index contributed by atoms with van der Waals surface area (Å²) in [6.45, 7) is 8.53. The molecular weight excluding hydrogens is 250 g/mol. The van der Waals surface area contributed by atoms with Gasteiger partial charge in [-0.25, -0.2) is 0 Å². The lowest BCUT2D eigenvalue weighted by atomic mass is 9.98. The molecule has 1 aliphatic heterocycles. The highest BCUT2D eigenvalue weighted by Gasteiger charge is 2.29. The van der Waals surface area contributed by atoms with Crippen molar-refractivity contribution in [1.29, 1.82) is 0 Å². The topological polar surface area (TPSA) is 38.3 Å². The van der Waals surface area contributed by atoms with Gasteiger partial charge in [0.15, 0.2) is 5.76 Å². The van der Waals surface area contributed by atoms with E-state index in [1.165, 1.54) is 5.57 Å². The summed E-state index contributed by atoms with van der Waals surface area (Å²) in [7, 11) is 0. The van der Waals surface area contributed by atoms with Crippen LogP contribution in [0.15, 0.2) is 35.1 Å². The number of ether oxygens (including phenoxy) is 1. The quantitative estimate of drug-likeness (QED) is 0.834. The molecule has 2 atom stereocenters. The van der Waals surface area contributed by atoms with Gasteiger partial charge in [0.25, 0.3) is 5.91 Å². The van der Waals surface area contributed by atoms with Crippen molar-refractivity contribution in [3.63, 3.8) is 0 Å². The number of nitrogens with one attached hydrogen (secondary N) is 1.